The lowest BCUT2D eigenvalue weighted by Gasteiger charge is -2.24. The first-order valence-corrected chi connectivity index (χ1v) is 10.2. The SMILES string of the molecule is COc1ccc(NC(=O)c2ccc(NC(=O)C3COc4ccc(Cl)cc4C3)cc2)cc1. The molecule has 0 aromatic heterocycles. The Bertz CT molecular complexity index is 1100. The van der Waals surface area contributed by atoms with E-state index in [0.717, 1.165) is 11.3 Å². The van der Waals surface area contributed by atoms with Crippen molar-refractivity contribution in [1.82, 2.24) is 0 Å². The molecule has 3 aromatic carbocycles. The molecule has 0 spiro atoms. The summed E-state index contributed by atoms with van der Waals surface area (Å²) in [5.74, 6) is 0.788. The molecule has 0 aliphatic carbocycles. The summed E-state index contributed by atoms with van der Waals surface area (Å²) in [7, 11) is 1.59. The van der Waals surface area contributed by atoms with Crippen LogP contribution in [0.1, 0.15) is 15.9 Å². The summed E-state index contributed by atoms with van der Waals surface area (Å²) in [5.41, 5.74) is 2.69. The number of hydrogen-bond acceptors (Lipinski definition) is 4. The highest BCUT2D eigenvalue weighted by molar-refractivity contribution is 6.30. The maximum Gasteiger partial charge on any atom is 0.255 e. The lowest BCUT2D eigenvalue weighted by molar-refractivity contribution is -0.121. The van der Waals surface area contributed by atoms with Crippen LogP contribution >= 0.6 is 11.6 Å². The van der Waals surface area contributed by atoms with Crippen molar-refractivity contribution in [3.63, 3.8) is 0 Å². The molecular weight excluding hydrogens is 416 g/mol. The van der Waals surface area contributed by atoms with E-state index in [1.165, 1.54) is 0 Å². The van der Waals surface area contributed by atoms with Crippen LogP contribution in [0.3, 0.4) is 0 Å². The normalized spacial score (nSPS) is 14.7. The van der Waals surface area contributed by atoms with E-state index in [9.17, 15) is 9.59 Å². The Balaban J connectivity index is 1.35. The van der Waals surface area contributed by atoms with Crippen molar-refractivity contribution >= 4 is 34.8 Å². The van der Waals surface area contributed by atoms with Crippen molar-refractivity contribution in [1.29, 1.82) is 0 Å². The smallest absolute Gasteiger partial charge is 0.255 e. The molecule has 0 bridgehead atoms. The fourth-order valence-corrected chi connectivity index (χ4v) is 3.55. The Morgan fingerprint density at radius 3 is 2.35 bits per heavy atom. The van der Waals surface area contributed by atoms with Crippen LogP contribution in [0.2, 0.25) is 5.02 Å². The van der Waals surface area contributed by atoms with E-state index in [0.29, 0.717) is 40.7 Å². The average Bonchev–Trinajstić information content (AvgIpc) is 2.79. The molecule has 6 nitrogen and oxygen atoms in total. The molecule has 2 N–H and O–H groups in total. The van der Waals surface area contributed by atoms with E-state index in [4.69, 9.17) is 21.1 Å². The van der Waals surface area contributed by atoms with E-state index < -0.39 is 0 Å². The highest BCUT2D eigenvalue weighted by atomic mass is 35.5. The third-order valence-corrected chi connectivity index (χ3v) is 5.30. The molecular formula is C24H21ClN2O4. The second-order valence-corrected chi connectivity index (χ2v) is 7.65. The van der Waals surface area contributed by atoms with Gasteiger partial charge in [-0.15, -0.1) is 0 Å². The zero-order valence-corrected chi connectivity index (χ0v) is 17.6. The summed E-state index contributed by atoms with van der Waals surface area (Å²) in [6.07, 6.45) is 0.560. The number of carbonyl (C=O) groups is 2. The van der Waals surface area contributed by atoms with E-state index in [1.807, 2.05) is 12.1 Å². The lowest BCUT2D eigenvalue weighted by atomic mass is 9.96. The molecule has 0 saturated heterocycles. The quantitative estimate of drug-likeness (QED) is 0.602. The fourth-order valence-electron chi connectivity index (χ4n) is 3.36. The molecule has 1 atom stereocenters. The van der Waals surface area contributed by atoms with Gasteiger partial charge in [-0.2, -0.15) is 0 Å². The topological polar surface area (TPSA) is 76.7 Å². The van der Waals surface area contributed by atoms with Gasteiger partial charge >= 0.3 is 0 Å². The summed E-state index contributed by atoms with van der Waals surface area (Å²) in [5, 5.41) is 6.33. The van der Waals surface area contributed by atoms with Crippen molar-refractivity contribution in [2.24, 2.45) is 5.92 Å². The molecule has 1 heterocycles. The van der Waals surface area contributed by atoms with Crippen molar-refractivity contribution in [3.05, 3.63) is 82.9 Å². The molecule has 1 aliphatic heterocycles. The zero-order valence-electron chi connectivity index (χ0n) is 16.9. The molecule has 0 radical (unpaired) electrons. The molecule has 0 fully saturated rings. The Morgan fingerprint density at radius 1 is 0.968 bits per heavy atom. The number of hydrogen-bond donors (Lipinski definition) is 2. The van der Waals surface area contributed by atoms with Gasteiger partial charge in [-0.1, -0.05) is 11.6 Å². The van der Waals surface area contributed by atoms with Gasteiger partial charge in [0.1, 0.15) is 18.1 Å². The molecule has 4 rings (SSSR count). The number of rotatable bonds is 5. The molecule has 2 amide bonds. The first kappa shape index (κ1) is 20.8. The summed E-state index contributed by atoms with van der Waals surface area (Å²) < 4.78 is 10.8. The van der Waals surface area contributed by atoms with Gasteiger partial charge in [-0.3, -0.25) is 9.59 Å². The molecule has 0 saturated carbocycles. The molecule has 1 aliphatic rings. The van der Waals surface area contributed by atoms with Gasteiger partial charge in [0.25, 0.3) is 5.91 Å². The van der Waals surface area contributed by atoms with Crippen LogP contribution in [0.15, 0.2) is 66.7 Å². The van der Waals surface area contributed by atoms with Crippen LogP contribution in [0.4, 0.5) is 11.4 Å². The predicted molar refractivity (Wildman–Crippen MR) is 120 cm³/mol. The second-order valence-electron chi connectivity index (χ2n) is 7.21. The number of methoxy groups -OCH3 is 1. The van der Waals surface area contributed by atoms with Crippen LogP contribution in [0.25, 0.3) is 0 Å². The van der Waals surface area contributed by atoms with Gasteiger partial charge in [-0.25, -0.2) is 0 Å². The Morgan fingerprint density at radius 2 is 1.65 bits per heavy atom. The summed E-state index contributed by atoms with van der Waals surface area (Å²) in [6.45, 7) is 0.308. The molecule has 158 valence electrons. The number of nitrogens with one attached hydrogen (secondary N) is 2. The van der Waals surface area contributed by atoms with Crippen LogP contribution < -0.4 is 20.1 Å². The van der Waals surface area contributed by atoms with Gasteiger partial charge in [0, 0.05) is 22.0 Å². The van der Waals surface area contributed by atoms with Crippen LogP contribution in [-0.4, -0.2) is 25.5 Å². The Labute approximate surface area is 185 Å². The lowest BCUT2D eigenvalue weighted by Crippen LogP contribution is -2.32. The number of carbonyl (C=O) groups excluding carboxylic acids is 2. The van der Waals surface area contributed by atoms with E-state index >= 15 is 0 Å². The Kier molecular flexibility index (Phi) is 6.09. The van der Waals surface area contributed by atoms with Gasteiger partial charge in [-0.05, 0) is 78.7 Å². The number of halogens is 1. The van der Waals surface area contributed by atoms with Crippen molar-refractivity contribution in [3.8, 4) is 11.5 Å². The first-order valence-electron chi connectivity index (χ1n) is 9.79. The van der Waals surface area contributed by atoms with E-state index in [1.54, 1.807) is 61.7 Å². The number of benzene rings is 3. The van der Waals surface area contributed by atoms with Crippen LogP contribution in [0, 0.1) is 5.92 Å². The third kappa shape index (κ3) is 4.98. The number of ether oxygens (including phenoxy) is 2. The highest BCUT2D eigenvalue weighted by Crippen LogP contribution is 2.30. The largest absolute Gasteiger partial charge is 0.497 e. The summed E-state index contributed by atoms with van der Waals surface area (Å²) >= 11 is 6.04. The summed E-state index contributed by atoms with van der Waals surface area (Å²) in [6, 6.07) is 19.2. The highest BCUT2D eigenvalue weighted by Gasteiger charge is 2.26. The molecule has 3 aromatic rings. The third-order valence-electron chi connectivity index (χ3n) is 5.06. The van der Waals surface area contributed by atoms with Crippen LogP contribution in [0.5, 0.6) is 11.5 Å². The minimum Gasteiger partial charge on any atom is -0.497 e. The Hall–Kier alpha value is -3.51. The second kappa shape index (κ2) is 9.10. The van der Waals surface area contributed by atoms with Gasteiger partial charge in [0.05, 0.1) is 13.0 Å². The molecule has 1 unspecified atom stereocenters. The number of fused-ring (bicyclic) bond motifs is 1. The van der Waals surface area contributed by atoms with Crippen molar-refractivity contribution < 1.29 is 19.1 Å². The minimum absolute atomic E-state index is 0.138. The van der Waals surface area contributed by atoms with Crippen molar-refractivity contribution in [2.45, 2.75) is 6.42 Å². The van der Waals surface area contributed by atoms with Crippen molar-refractivity contribution in [2.75, 3.05) is 24.4 Å². The van der Waals surface area contributed by atoms with E-state index in [-0.39, 0.29) is 17.7 Å². The monoisotopic (exact) mass is 436 g/mol. The number of anilines is 2. The zero-order chi connectivity index (χ0) is 21.8. The number of amides is 2. The van der Waals surface area contributed by atoms with Gasteiger partial charge < -0.3 is 20.1 Å². The van der Waals surface area contributed by atoms with E-state index in [2.05, 4.69) is 10.6 Å². The predicted octanol–water partition coefficient (Wildman–Crippen LogP) is 4.79. The fraction of sp³-hybridized carbons (Fsp3) is 0.167. The standard InChI is InChI=1S/C24H21ClN2O4/c1-30-21-9-7-20(8-10-21)26-23(28)15-2-5-19(6-3-15)27-24(29)17-12-16-13-18(25)4-11-22(16)31-14-17/h2-11,13,17H,12,14H2,1H3,(H,26,28)(H,27,29). The maximum atomic E-state index is 12.7. The van der Waals surface area contributed by atoms with Gasteiger partial charge in [0.15, 0.2) is 0 Å². The van der Waals surface area contributed by atoms with Crippen LogP contribution in [-0.2, 0) is 11.2 Å². The summed E-state index contributed by atoms with van der Waals surface area (Å²) in [4.78, 5) is 25.1. The van der Waals surface area contributed by atoms with Gasteiger partial charge in [0.2, 0.25) is 5.91 Å². The first-order chi connectivity index (χ1) is 15.0. The minimum atomic E-state index is -0.316. The molecule has 7 heteroatoms. The maximum absolute atomic E-state index is 12.7. The molecule has 31 heavy (non-hydrogen) atoms. The average molecular weight is 437 g/mol.